The zero-order valence-corrected chi connectivity index (χ0v) is 16.3. The molecule has 1 aliphatic heterocycles. The van der Waals surface area contributed by atoms with Crippen LogP contribution in [0.1, 0.15) is 57.1 Å². The first-order valence-corrected chi connectivity index (χ1v) is 9.03. The lowest BCUT2D eigenvalue weighted by molar-refractivity contribution is 0.0950. The lowest BCUT2D eigenvalue weighted by Gasteiger charge is -2.23. The van der Waals surface area contributed by atoms with Gasteiger partial charge in [-0.25, -0.2) is 10.4 Å². The van der Waals surface area contributed by atoms with E-state index < -0.39 is 11.8 Å². The molecule has 0 spiro atoms. The molecule has 0 saturated carbocycles. The standard InChI is InChI=1S/C19H24N6O3/c1-9(2)25-17-14(8-22-25)12(6-15(24-17)16(20)26)18(27)21-7-13-10(3)5-11(4)23-19(13)28/h5-6,9,22H,7-8H2,1-4H3,(H2,20,26)(H,21,27)(H,23,28). The van der Waals surface area contributed by atoms with Crippen molar-refractivity contribution in [3.63, 3.8) is 0 Å². The fraction of sp³-hybridized carbons (Fsp3) is 0.368. The monoisotopic (exact) mass is 384 g/mol. The number of aromatic amines is 1. The SMILES string of the molecule is Cc1cc(C)c(CNC(=O)c2cc(C(N)=O)nc3c2CNN3C(C)C)c(=O)[nH]1. The quantitative estimate of drug-likeness (QED) is 0.598. The van der Waals surface area contributed by atoms with E-state index in [0.29, 0.717) is 29.1 Å². The third-order valence-electron chi connectivity index (χ3n) is 4.69. The summed E-state index contributed by atoms with van der Waals surface area (Å²) < 4.78 is 0. The van der Waals surface area contributed by atoms with Crippen LogP contribution in [0.25, 0.3) is 0 Å². The molecule has 2 aromatic rings. The second-order valence-electron chi connectivity index (χ2n) is 7.15. The Balaban J connectivity index is 1.93. The first kappa shape index (κ1) is 19.6. The van der Waals surface area contributed by atoms with Gasteiger partial charge in [0.15, 0.2) is 0 Å². The van der Waals surface area contributed by atoms with Gasteiger partial charge in [-0.05, 0) is 45.4 Å². The number of H-pyrrole nitrogens is 1. The number of carbonyl (C=O) groups excluding carboxylic acids is 2. The molecule has 9 nitrogen and oxygen atoms in total. The summed E-state index contributed by atoms with van der Waals surface area (Å²) in [4.78, 5) is 43.8. The van der Waals surface area contributed by atoms with Crippen LogP contribution in [-0.4, -0.2) is 27.8 Å². The van der Waals surface area contributed by atoms with E-state index in [1.54, 1.807) is 11.9 Å². The second kappa shape index (κ2) is 7.43. The number of hydrogen-bond acceptors (Lipinski definition) is 6. The molecule has 0 unspecified atom stereocenters. The van der Waals surface area contributed by atoms with E-state index in [4.69, 9.17) is 5.73 Å². The fourth-order valence-electron chi connectivity index (χ4n) is 3.29. The number of primary amides is 1. The Labute approximate surface area is 162 Å². The molecule has 28 heavy (non-hydrogen) atoms. The highest BCUT2D eigenvalue weighted by Gasteiger charge is 2.29. The summed E-state index contributed by atoms with van der Waals surface area (Å²) in [6.45, 7) is 8.04. The zero-order chi connectivity index (χ0) is 20.6. The van der Waals surface area contributed by atoms with Gasteiger partial charge in [0.1, 0.15) is 11.5 Å². The molecule has 148 valence electrons. The highest BCUT2D eigenvalue weighted by Crippen LogP contribution is 2.28. The minimum Gasteiger partial charge on any atom is -0.364 e. The Hall–Kier alpha value is -3.20. The summed E-state index contributed by atoms with van der Waals surface area (Å²) in [5.74, 6) is -0.591. The van der Waals surface area contributed by atoms with Gasteiger partial charge in [0.25, 0.3) is 17.4 Å². The molecular weight excluding hydrogens is 360 g/mol. The summed E-state index contributed by atoms with van der Waals surface area (Å²) >= 11 is 0. The van der Waals surface area contributed by atoms with Crippen LogP contribution in [0.5, 0.6) is 0 Å². The number of pyridine rings is 2. The number of amides is 2. The number of aryl methyl sites for hydroxylation is 2. The van der Waals surface area contributed by atoms with Crippen molar-refractivity contribution >= 4 is 17.6 Å². The van der Waals surface area contributed by atoms with Crippen LogP contribution < -0.4 is 27.0 Å². The smallest absolute Gasteiger partial charge is 0.267 e. The van der Waals surface area contributed by atoms with Gasteiger partial charge >= 0.3 is 0 Å². The van der Waals surface area contributed by atoms with Gasteiger partial charge in [0, 0.05) is 41.5 Å². The summed E-state index contributed by atoms with van der Waals surface area (Å²) in [5, 5.41) is 4.57. The lowest BCUT2D eigenvalue weighted by Crippen LogP contribution is -2.38. The lowest BCUT2D eigenvalue weighted by atomic mass is 10.1. The van der Waals surface area contributed by atoms with Crippen molar-refractivity contribution < 1.29 is 9.59 Å². The molecule has 0 saturated heterocycles. The summed E-state index contributed by atoms with van der Waals surface area (Å²) in [7, 11) is 0. The highest BCUT2D eigenvalue weighted by atomic mass is 16.2. The molecule has 9 heteroatoms. The van der Waals surface area contributed by atoms with Crippen LogP contribution in [-0.2, 0) is 13.1 Å². The van der Waals surface area contributed by atoms with Crippen LogP contribution in [0, 0.1) is 13.8 Å². The van der Waals surface area contributed by atoms with E-state index in [2.05, 4.69) is 20.7 Å². The Morgan fingerprint density at radius 1 is 1.32 bits per heavy atom. The van der Waals surface area contributed by atoms with Crippen LogP contribution in [0.3, 0.4) is 0 Å². The third-order valence-corrected chi connectivity index (χ3v) is 4.69. The number of aromatic nitrogens is 2. The van der Waals surface area contributed by atoms with E-state index in [1.165, 1.54) is 6.07 Å². The topological polar surface area (TPSA) is 133 Å². The molecule has 0 aromatic carbocycles. The number of rotatable bonds is 5. The van der Waals surface area contributed by atoms with Crippen LogP contribution in [0.4, 0.5) is 5.82 Å². The van der Waals surface area contributed by atoms with Crippen molar-refractivity contribution in [2.45, 2.75) is 46.8 Å². The van der Waals surface area contributed by atoms with Crippen molar-refractivity contribution in [3.05, 3.63) is 56.1 Å². The molecule has 3 heterocycles. The van der Waals surface area contributed by atoms with Crippen LogP contribution in [0.15, 0.2) is 16.9 Å². The average molecular weight is 384 g/mol. The van der Waals surface area contributed by atoms with Gasteiger partial charge in [-0.15, -0.1) is 0 Å². The first-order valence-electron chi connectivity index (χ1n) is 9.03. The normalized spacial score (nSPS) is 13.0. The molecule has 0 atom stereocenters. The molecule has 3 rings (SSSR count). The van der Waals surface area contributed by atoms with Crippen molar-refractivity contribution in [2.24, 2.45) is 5.73 Å². The summed E-state index contributed by atoms with van der Waals surface area (Å²) in [6.07, 6.45) is 0. The minimum absolute atomic E-state index is 0.0163. The molecule has 1 aliphatic rings. The van der Waals surface area contributed by atoms with Crippen LogP contribution >= 0.6 is 0 Å². The van der Waals surface area contributed by atoms with E-state index >= 15 is 0 Å². The molecule has 0 bridgehead atoms. The number of nitrogens with two attached hydrogens (primary N) is 1. The maximum atomic E-state index is 12.9. The van der Waals surface area contributed by atoms with Gasteiger partial charge in [0.05, 0.1) is 0 Å². The van der Waals surface area contributed by atoms with E-state index in [-0.39, 0.29) is 23.8 Å². The Morgan fingerprint density at radius 2 is 2.04 bits per heavy atom. The molecular formula is C19H24N6O3. The third kappa shape index (κ3) is 3.61. The highest BCUT2D eigenvalue weighted by molar-refractivity contribution is 6.00. The largest absolute Gasteiger partial charge is 0.364 e. The number of nitrogens with one attached hydrogen (secondary N) is 3. The number of hydrogen-bond donors (Lipinski definition) is 4. The van der Waals surface area contributed by atoms with Crippen molar-refractivity contribution in [3.8, 4) is 0 Å². The van der Waals surface area contributed by atoms with Gasteiger partial charge < -0.3 is 16.0 Å². The van der Waals surface area contributed by atoms with E-state index in [0.717, 1.165) is 11.3 Å². The minimum atomic E-state index is -0.710. The van der Waals surface area contributed by atoms with Gasteiger partial charge in [-0.3, -0.25) is 19.4 Å². The first-order chi connectivity index (χ1) is 13.2. The zero-order valence-electron chi connectivity index (χ0n) is 16.3. The van der Waals surface area contributed by atoms with E-state index in [1.807, 2.05) is 26.8 Å². The van der Waals surface area contributed by atoms with Crippen molar-refractivity contribution in [1.29, 1.82) is 0 Å². The predicted molar refractivity (Wildman–Crippen MR) is 105 cm³/mol. The number of anilines is 1. The molecule has 2 amide bonds. The van der Waals surface area contributed by atoms with Gasteiger partial charge in [-0.2, -0.15) is 0 Å². The number of fused-ring (bicyclic) bond motifs is 1. The Morgan fingerprint density at radius 3 is 2.64 bits per heavy atom. The fourth-order valence-corrected chi connectivity index (χ4v) is 3.29. The van der Waals surface area contributed by atoms with Crippen molar-refractivity contribution in [1.82, 2.24) is 20.7 Å². The average Bonchev–Trinajstić information content (AvgIpc) is 3.03. The molecule has 0 fully saturated rings. The molecule has 0 radical (unpaired) electrons. The molecule has 5 N–H and O–H groups in total. The van der Waals surface area contributed by atoms with E-state index in [9.17, 15) is 14.4 Å². The maximum absolute atomic E-state index is 12.9. The summed E-state index contributed by atoms with van der Waals surface area (Å²) in [6, 6.07) is 3.32. The Bertz CT molecular complexity index is 1010. The number of carbonyl (C=O) groups is 2. The van der Waals surface area contributed by atoms with Gasteiger partial charge in [0.2, 0.25) is 0 Å². The molecule has 0 aliphatic carbocycles. The van der Waals surface area contributed by atoms with Gasteiger partial charge in [-0.1, -0.05) is 0 Å². The van der Waals surface area contributed by atoms with Crippen molar-refractivity contribution in [2.75, 3.05) is 5.01 Å². The van der Waals surface area contributed by atoms with Crippen LogP contribution in [0.2, 0.25) is 0 Å². The number of hydrazine groups is 1. The predicted octanol–water partition coefficient (Wildman–Crippen LogP) is 0.649. The Kier molecular flexibility index (Phi) is 5.19. The maximum Gasteiger partial charge on any atom is 0.267 e. The molecule has 2 aromatic heterocycles. The number of nitrogens with zero attached hydrogens (tertiary/aromatic N) is 2. The summed E-state index contributed by atoms with van der Waals surface area (Å²) in [5.41, 5.74) is 11.4. The second-order valence-corrected chi connectivity index (χ2v) is 7.15.